The second-order valence-electron chi connectivity index (χ2n) is 4.92. The highest BCUT2D eigenvalue weighted by Gasteiger charge is 2.19. The molecule has 0 unspecified atom stereocenters. The minimum Gasteiger partial charge on any atom is -0.352 e. The van der Waals surface area contributed by atoms with Crippen molar-refractivity contribution in [2.45, 2.75) is 45.4 Å². The summed E-state index contributed by atoms with van der Waals surface area (Å²) in [4.78, 5) is 22.1. The highest BCUT2D eigenvalue weighted by atomic mass is 35.5. The van der Waals surface area contributed by atoms with Crippen LogP contribution in [0.2, 0.25) is 5.02 Å². The number of nitrogens with one attached hydrogen (secondary N) is 1. The van der Waals surface area contributed by atoms with E-state index in [1.165, 1.54) is 43.9 Å². The van der Waals surface area contributed by atoms with E-state index in [1.807, 2.05) is 0 Å². The van der Waals surface area contributed by atoms with Crippen LogP contribution in [0.5, 0.6) is 0 Å². The van der Waals surface area contributed by atoms with Crippen LogP contribution in [-0.4, -0.2) is 17.4 Å². The van der Waals surface area contributed by atoms with Gasteiger partial charge in [-0.3, -0.25) is 14.9 Å². The van der Waals surface area contributed by atoms with E-state index in [2.05, 4.69) is 12.2 Å². The lowest BCUT2D eigenvalue weighted by atomic mass is 10.1. The van der Waals surface area contributed by atoms with Crippen molar-refractivity contribution in [2.75, 3.05) is 6.54 Å². The van der Waals surface area contributed by atoms with E-state index >= 15 is 0 Å². The van der Waals surface area contributed by atoms with Crippen LogP contribution < -0.4 is 5.32 Å². The number of carbonyl (C=O) groups is 1. The van der Waals surface area contributed by atoms with E-state index in [9.17, 15) is 14.9 Å². The fourth-order valence-corrected chi connectivity index (χ4v) is 2.32. The third kappa shape index (κ3) is 5.71. The van der Waals surface area contributed by atoms with Gasteiger partial charge >= 0.3 is 0 Å². The molecule has 1 N–H and O–H groups in total. The molecule has 0 saturated carbocycles. The second kappa shape index (κ2) is 9.34. The van der Waals surface area contributed by atoms with Crippen LogP contribution in [0.1, 0.15) is 55.8 Å². The summed E-state index contributed by atoms with van der Waals surface area (Å²) >= 11 is 5.89. The monoisotopic (exact) mass is 312 g/mol. The summed E-state index contributed by atoms with van der Waals surface area (Å²) < 4.78 is 0. The fraction of sp³-hybridized carbons (Fsp3) is 0.533. The maximum atomic E-state index is 12.0. The summed E-state index contributed by atoms with van der Waals surface area (Å²) in [6, 6.07) is 4.24. The Labute approximate surface area is 129 Å². The largest absolute Gasteiger partial charge is 0.352 e. The summed E-state index contributed by atoms with van der Waals surface area (Å²) in [6.45, 7) is 2.73. The Hall–Kier alpha value is -1.62. The van der Waals surface area contributed by atoms with Crippen LogP contribution in [-0.2, 0) is 0 Å². The molecular formula is C15H21ClN2O3. The number of carbonyl (C=O) groups excluding carboxylic acids is 1. The van der Waals surface area contributed by atoms with E-state index in [0.717, 1.165) is 12.8 Å². The van der Waals surface area contributed by atoms with Crippen LogP contribution in [0, 0.1) is 10.1 Å². The molecule has 0 aliphatic heterocycles. The molecule has 0 heterocycles. The van der Waals surface area contributed by atoms with Gasteiger partial charge in [0.25, 0.3) is 11.6 Å². The first-order valence-corrected chi connectivity index (χ1v) is 7.66. The number of nitrogens with zero attached hydrogens (tertiary/aromatic N) is 1. The summed E-state index contributed by atoms with van der Waals surface area (Å²) in [7, 11) is 0. The Kier molecular flexibility index (Phi) is 7.75. The van der Waals surface area contributed by atoms with Crippen molar-refractivity contribution in [3.63, 3.8) is 0 Å². The molecule has 0 radical (unpaired) electrons. The number of benzene rings is 1. The van der Waals surface area contributed by atoms with Crippen molar-refractivity contribution in [2.24, 2.45) is 0 Å². The summed E-state index contributed by atoms with van der Waals surface area (Å²) in [5.41, 5.74) is -0.0965. The van der Waals surface area contributed by atoms with E-state index < -0.39 is 4.92 Å². The Bertz CT molecular complexity index is 492. The van der Waals surface area contributed by atoms with Crippen molar-refractivity contribution in [3.05, 3.63) is 38.9 Å². The van der Waals surface area contributed by atoms with Gasteiger partial charge in [-0.25, -0.2) is 0 Å². The van der Waals surface area contributed by atoms with Gasteiger partial charge in [0.1, 0.15) is 5.02 Å². The van der Waals surface area contributed by atoms with Crippen molar-refractivity contribution >= 4 is 23.2 Å². The SMILES string of the molecule is CCCCCCCCNC(=O)c1cccc([N+](=O)[O-])c1Cl. The number of amides is 1. The molecule has 5 nitrogen and oxygen atoms in total. The number of unbranched alkanes of at least 4 members (excludes halogenated alkanes) is 5. The third-order valence-electron chi connectivity index (χ3n) is 3.24. The number of hydrogen-bond acceptors (Lipinski definition) is 3. The Morgan fingerprint density at radius 3 is 2.57 bits per heavy atom. The molecule has 0 aromatic heterocycles. The lowest BCUT2D eigenvalue weighted by Gasteiger charge is -2.07. The molecule has 1 rings (SSSR count). The zero-order valence-electron chi connectivity index (χ0n) is 12.2. The average molecular weight is 313 g/mol. The molecule has 1 aromatic rings. The molecule has 0 saturated heterocycles. The molecule has 0 bridgehead atoms. The molecule has 0 aliphatic carbocycles. The first-order valence-electron chi connectivity index (χ1n) is 7.29. The van der Waals surface area contributed by atoms with Crippen molar-refractivity contribution in [3.8, 4) is 0 Å². The number of nitro benzene ring substituents is 1. The van der Waals surface area contributed by atoms with E-state index in [-0.39, 0.29) is 22.2 Å². The number of nitro groups is 1. The lowest BCUT2D eigenvalue weighted by Crippen LogP contribution is -2.24. The average Bonchev–Trinajstić information content (AvgIpc) is 2.46. The Morgan fingerprint density at radius 2 is 1.90 bits per heavy atom. The standard InChI is InChI=1S/C15H21ClN2O3/c1-2-3-4-5-6-7-11-17-15(19)12-9-8-10-13(14(12)16)18(20)21/h8-10H,2-7,11H2,1H3,(H,17,19). The zero-order valence-corrected chi connectivity index (χ0v) is 13.0. The number of hydrogen-bond donors (Lipinski definition) is 1. The van der Waals surface area contributed by atoms with Crippen LogP contribution in [0.3, 0.4) is 0 Å². The van der Waals surface area contributed by atoms with E-state index in [4.69, 9.17) is 11.6 Å². The molecule has 116 valence electrons. The van der Waals surface area contributed by atoms with E-state index in [0.29, 0.717) is 6.54 Å². The highest BCUT2D eigenvalue weighted by molar-refractivity contribution is 6.35. The molecule has 21 heavy (non-hydrogen) atoms. The topological polar surface area (TPSA) is 72.2 Å². The van der Waals surface area contributed by atoms with Crippen LogP contribution in [0.25, 0.3) is 0 Å². The molecular weight excluding hydrogens is 292 g/mol. The minimum atomic E-state index is -0.590. The normalized spacial score (nSPS) is 10.4. The first-order chi connectivity index (χ1) is 10.1. The first kappa shape index (κ1) is 17.4. The fourth-order valence-electron chi connectivity index (χ4n) is 2.04. The predicted octanol–water partition coefficient (Wildman–Crippen LogP) is 4.34. The van der Waals surface area contributed by atoms with Gasteiger partial charge in [-0.05, 0) is 12.5 Å². The van der Waals surface area contributed by atoms with Gasteiger partial charge in [0.05, 0.1) is 10.5 Å². The summed E-state index contributed by atoms with van der Waals surface area (Å²) in [6.07, 6.45) is 6.82. The zero-order chi connectivity index (χ0) is 15.7. The van der Waals surface area contributed by atoms with Gasteiger partial charge in [-0.15, -0.1) is 0 Å². The van der Waals surface area contributed by atoms with Gasteiger partial charge in [0.2, 0.25) is 0 Å². The summed E-state index contributed by atoms with van der Waals surface area (Å²) in [5, 5.41) is 13.4. The Morgan fingerprint density at radius 1 is 1.24 bits per heavy atom. The van der Waals surface area contributed by atoms with Crippen LogP contribution in [0.4, 0.5) is 5.69 Å². The number of rotatable bonds is 9. The smallest absolute Gasteiger partial charge is 0.288 e. The molecule has 0 spiro atoms. The van der Waals surface area contributed by atoms with Crippen molar-refractivity contribution in [1.82, 2.24) is 5.32 Å². The summed E-state index contributed by atoms with van der Waals surface area (Å²) in [5.74, 6) is -0.364. The molecule has 1 aromatic carbocycles. The van der Waals surface area contributed by atoms with Gasteiger partial charge in [-0.1, -0.05) is 56.7 Å². The van der Waals surface area contributed by atoms with E-state index in [1.54, 1.807) is 0 Å². The van der Waals surface area contributed by atoms with Crippen LogP contribution >= 0.6 is 11.6 Å². The maximum absolute atomic E-state index is 12.0. The van der Waals surface area contributed by atoms with Crippen molar-refractivity contribution < 1.29 is 9.72 Å². The molecule has 1 amide bonds. The highest BCUT2D eigenvalue weighted by Crippen LogP contribution is 2.27. The second-order valence-corrected chi connectivity index (χ2v) is 5.30. The van der Waals surface area contributed by atoms with Gasteiger partial charge in [0.15, 0.2) is 0 Å². The molecule has 0 aliphatic rings. The van der Waals surface area contributed by atoms with Gasteiger partial charge in [0, 0.05) is 12.6 Å². The lowest BCUT2D eigenvalue weighted by molar-refractivity contribution is -0.384. The molecule has 0 atom stereocenters. The molecule has 0 fully saturated rings. The number of halogens is 1. The van der Waals surface area contributed by atoms with Crippen molar-refractivity contribution in [1.29, 1.82) is 0 Å². The third-order valence-corrected chi connectivity index (χ3v) is 3.63. The Balaban J connectivity index is 2.42. The quantitative estimate of drug-likeness (QED) is 0.419. The molecule has 6 heteroatoms. The van der Waals surface area contributed by atoms with Crippen LogP contribution in [0.15, 0.2) is 18.2 Å². The maximum Gasteiger partial charge on any atom is 0.288 e. The predicted molar refractivity (Wildman–Crippen MR) is 83.8 cm³/mol. The minimum absolute atomic E-state index is 0.108. The van der Waals surface area contributed by atoms with Gasteiger partial charge in [-0.2, -0.15) is 0 Å². The van der Waals surface area contributed by atoms with Gasteiger partial charge < -0.3 is 5.32 Å².